The van der Waals surface area contributed by atoms with Crippen LogP contribution in [0.25, 0.3) is 0 Å². The number of carboxylic acids is 1. The van der Waals surface area contributed by atoms with Gasteiger partial charge in [0.25, 0.3) is 5.91 Å². The Labute approximate surface area is 103 Å². The molecule has 1 saturated carbocycles. The molecule has 3 atom stereocenters. The third-order valence-electron chi connectivity index (χ3n) is 3.77. The molecule has 1 aromatic rings. The van der Waals surface area contributed by atoms with Crippen LogP contribution >= 0.6 is 0 Å². The number of rotatable bonds is 2. The molecule has 5 heteroatoms. The van der Waals surface area contributed by atoms with E-state index in [-0.39, 0.29) is 17.4 Å². The molecule has 1 amide bonds. The van der Waals surface area contributed by atoms with Gasteiger partial charge in [-0.15, -0.1) is 0 Å². The van der Waals surface area contributed by atoms with E-state index in [9.17, 15) is 14.0 Å². The zero-order valence-corrected chi connectivity index (χ0v) is 9.54. The maximum Gasteiger partial charge on any atom is 0.326 e. The van der Waals surface area contributed by atoms with Gasteiger partial charge in [0.2, 0.25) is 0 Å². The molecule has 0 bridgehead atoms. The number of likely N-dealkylation sites (tertiary alicyclic amines) is 1. The summed E-state index contributed by atoms with van der Waals surface area (Å²) in [6, 6.07) is 4.88. The lowest BCUT2D eigenvalue weighted by molar-refractivity contribution is -0.142. The van der Waals surface area contributed by atoms with Gasteiger partial charge in [0.1, 0.15) is 11.9 Å². The van der Waals surface area contributed by atoms with Crippen molar-refractivity contribution in [3.05, 3.63) is 35.6 Å². The molecule has 3 rings (SSSR count). The van der Waals surface area contributed by atoms with Gasteiger partial charge in [-0.1, -0.05) is 12.1 Å². The molecule has 2 aliphatic rings. The fraction of sp³-hybridized carbons (Fsp3) is 0.385. The van der Waals surface area contributed by atoms with Gasteiger partial charge in [-0.05, 0) is 30.4 Å². The van der Waals surface area contributed by atoms with Gasteiger partial charge in [-0.3, -0.25) is 4.79 Å². The van der Waals surface area contributed by atoms with Gasteiger partial charge < -0.3 is 10.0 Å². The minimum atomic E-state index is -0.996. The summed E-state index contributed by atoms with van der Waals surface area (Å²) in [6.07, 6.45) is 0.859. The van der Waals surface area contributed by atoms with Crippen molar-refractivity contribution in [1.29, 1.82) is 0 Å². The molecular weight excluding hydrogens is 237 g/mol. The van der Waals surface area contributed by atoms with E-state index in [1.807, 2.05) is 0 Å². The third-order valence-corrected chi connectivity index (χ3v) is 3.77. The van der Waals surface area contributed by atoms with Crippen LogP contribution in [0.2, 0.25) is 0 Å². The second kappa shape index (κ2) is 3.80. The maximum atomic E-state index is 13.5. The zero-order chi connectivity index (χ0) is 12.9. The summed E-state index contributed by atoms with van der Waals surface area (Å²) < 4.78 is 13.5. The maximum absolute atomic E-state index is 13.5. The topological polar surface area (TPSA) is 57.6 Å². The zero-order valence-electron chi connectivity index (χ0n) is 9.54. The summed E-state index contributed by atoms with van der Waals surface area (Å²) in [5.41, 5.74) is -0.0509. The summed E-state index contributed by atoms with van der Waals surface area (Å²) in [6.45, 7) is 0.425. The van der Waals surface area contributed by atoms with E-state index >= 15 is 0 Å². The molecule has 4 nitrogen and oxygen atoms in total. The summed E-state index contributed by atoms with van der Waals surface area (Å²) in [5.74, 6) is -1.79. The Morgan fingerprint density at radius 2 is 2.06 bits per heavy atom. The molecule has 1 aliphatic carbocycles. The van der Waals surface area contributed by atoms with E-state index in [1.165, 1.54) is 23.1 Å². The minimum absolute atomic E-state index is 0.0509. The van der Waals surface area contributed by atoms with E-state index in [4.69, 9.17) is 5.11 Å². The molecular formula is C13H12FNO3. The Morgan fingerprint density at radius 1 is 1.33 bits per heavy atom. The number of carbonyl (C=O) groups is 2. The predicted molar refractivity (Wildman–Crippen MR) is 60.5 cm³/mol. The van der Waals surface area contributed by atoms with Crippen LogP contribution in [0.3, 0.4) is 0 Å². The number of carboxylic acid groups (broad SMARTS) is 1. The third kappa shape index (κ3) is 1.58. The number of carbonyl (C=O) groups excluding carboxylic acids is 1. The monoisotopic (exact) mass is 249 g/mol. The van der Waals surface area contributed by atoms with Crippen molar-refractivity contribution in [2.24, 2.45) is 11.8 Å². The van der Waals surface area contributed by atoms with Gasteiger partial charge in [-0.2, -0.15) is 0 Å². The van der Waals surface area contributed by atoms with E-state index in [0.29, 0.717) is 6.54 Å². The van der Waals surface area contributed by atoms with Crippen LogP contribution in [0.4, 0.5) is 4.39 Å². The number of amides is 1. The average Bonchev–Trinajstić information content (AvgIpc) is 2.99. The number of halogens is 1. The van der Waals surface area contributed by atoms with Crippen LogP contribution in [0.15, 0.2) is 24.3 Å². The summed E-state index contributed by atoms with van der Waals surface area (Å²) in [4.78, 5) is 24.6. The van der Waals surface area contributed by atoms with Crippen LogP contribution < -0.4 is 0 Å². The largest absolute Gasteiger partial charge is 0.480 e. The number of aliphatic carboxylic acids is 1. The molecule has 3 unspecified atom stereocenters. The molecule has 0 radical (unpaired) electrons. The molecule has 1 saturated heterocycles. The number of hydrogen-bond donors (Lipinski definition) is 1. The first-order valence-corrected chi connectivity index (χ1v) is 5.88. The van der Waals surface area contributed by atoms with Crippen LogP contribution in [0.5, 0.6) is 0 Å². The van der Waals surface area contributed by atoms with Gasteiger partial charge in [0.05, 0.1) is 5.56 Å². The first-order valence-electron chi connectivity index (χ1n) is 5.88. The smallest absolute Gasteiger partial charge is 0.326 e. The fourth-order valence-corrected chi connectivity index (χ4v) is 2.78. The highest BCUT2D eigenvalue weighted by Gasteiger charge is 2.57. The van der Waals surface area contributed by atoms with Gasteiger partial charge in [-0.25, -0.2) is 9.18 Å². The standard InChI is InChI=1S/C13H12FNO3/c14-10-4-2-1-3-8(10)12(16)15-6-7-5-9(7)11(15)13(17)18/h1-4,7,9,11H,5-6H2,(H,17,18). The normalized spacial score (nSPS) is 28.9. The van der Waals surface area contributed by atoms with Crippen LogP contribution in [0, 0.1) is 17.7 Å². The first-order chi connectivity index (χ1) is 8.59. The van der Waals surface area contributed by atoms with Crippen molar-refractivity contribution in [3.8, 4) is 0 Å². The van der Waals surface area contributed by atoms with Crippen molar-refractivity contribution in [2.45, 2.75) is 12.5 Å². The Balaban J connectivity index is 1.89. The molecule has 1 aromatic carbocycles. The predicted octanol–water partition coefficient (Wildman–Crippen LogP) is 1.37. The fourth-order valence-electron chi connectivity index (χ4n) is 2.78. The summed E-state index contributed by atoms with van der Waals surface area (Å²) in [7, 11) is 0. The lowest BCUT2D eigenvalue weighted by Gasteiger charge is -2.24. The van der Waals surface area contributed by atoms with Crippen LogP contribution in [-0.4, -0.2) is 34.5 Å². The average molecular weight is 249 g/mol. The van der Waals surface area contributed by atoms with Gasteiger partial charge in [0, 0.05) is 6.54 Å². The second-order valence-corrected chi connectivity index (χ2v) is 4.88. The SMILES string of the molecule is O=C(O)C1C2CC2CN1C(=O)c1ccccc1F. The highest BCUT2D eigenvalue weighted by molar-refractivity contribution is 5.97. The van der Waals surface area contributed by atoms with Crippen molar-refractivity contribution in [1.82, 2.24) is 4.90 Å². The lowest BCUT2D eigenvalue weighted by atomic mass is 10.1. The number of piperidine rings is 1. The van der Waals surface area contributed by atoms with Crippen LogP contribution in [-0.2, 0) is 4.79 Å². The summed E-state index contributed by atoms with van der Waals surface area (Å²) in [5, 5.41) is 9.16. The van der Waals surface area contributed by atoms with E-state index in [2.05, 4.69) is 0 Å². The minimum Gasteiger partial charge on any atom is -0.480 e. The Bertz CT molecular complexity index is 531. The first kappa shape index (κ1) is 11.2. The van der Waals surface area contributed by atoms with Crippen molar-refractivity contribution in [2.75, 3.05) is 6.54 Å². The van der Waals surface area contributed by atoms with Crippen molar-refractivity contribution >= 4 is 11.9 Å². The van der Waals surface area contributed by atoms with Crippen molar-refractivity contribution < 1.29 is 19.1 Å². The molecule has 18 heavy (non-hydrogen) atoms. The molecule has 1 aliphatic heterocycles. The molecule has 1 N–H and O–H groups in total. The van der Waals surface area contributed by atoms with Gasteiger partial charge >= 0.3 is 5.97 Å². The van der Waals surface area contributed by atoms with Crippen LogP contribution in [0.1, 0.15) is 16.8 Å². The van der Waals surface area contributed by atoms with E-state index < -0.39 is 23.7 Å². The van der Waals surface area contributed by atoms with E-state index in [0.717, 1.165) is 6.42 Å². The Kier molecular flexibility index (Phi) is 2.36. The number of nitrogens with zero attached hydrogens (tertiary/aromatic N) is 1. The molecule has 1 heterocycles. The summed E-state index contributed by atoms with van der Waals surface area (Å²) >= 11 is 0. The number of hydrogen-bond acceptors (Lipinski definition) is 2. The lowest BCUT2D eigenvalue weighted by Crippen LogP contribution is -2.43. The quantitative estimate of drug-likeness (QED) is 0.861. The Hall–Kier alpha value is -1.91. The highest BCUT2D eigenvalue weighted by atomic mass is 19.1. The molecule has 94 valence electrons. The van der Waals surface area contributed by atoms with Crippen molar-refractivity contribution in [3.63, 3.8) is 0 Å². The molecule has 2 fully saturated rings. The molecule has 0 spiro atoms. The molecule has 0 aromatic heterocycles. The van der Waals surface area contributed by atoms with Gasteiger partial charge in [0.15, 0.2) is 0 Å². The second-order valence-electron chi connectivity index (χ2n) is 4.88. The van der Waals surface area contributed by atoms with E-state index in [1.54, 1.807) is 6.07 Å². The number of benzene rings is 1. The number of fused-ring (bicyclic) bond motifs is 1. The highest BCUT2D eigenvalue weighted by Crippen LogP contribution is 2.49. The Morgan fingerprint density at radius 3 is 2.72 bits per heavy atom.